The molecule has 0 radical (unpaired) electrons. The lowest BCUT2D eigenvalue weighted by Crippen LogP contribution is -2.50. The number of rotatable bonds is 4. The van der Waals surface area contributed by atoms with Crippen LogP contribution in [0.25, 0.3) is 0 Å². The number of piperazine rings is 1. The van der Waals surface area contributed by atoms with Crippen LogP contribution in [0.2, 0.25) is 0 Å². The van der Waals surface area contributed by atoms with E-state index in [0.717, 1.165) is 11.4 Å². The second-order valence-corrected chi connectivity index (χ2v) is 7.10. The number of carbonyl (C=O) groups is 2. The molecule has 0 spiro atoms. The maximum absolute atomic E-state index is 13.9. The summed E-state index contributed by atoms with van der Waals surface area (Å²) in [7, 11) is 0. The van der Waals surface area contributed by atoms with E-state index < -0.39 is 5.82 Å². The Balaban J connectivity index is 1.44. The van der Waals surface area contributed by atoms with Gasteiger partial charge in [0, 0.05) is 31.9 Å². The highest BCUT2D eigenvalue weighted by Crippen LogP contribution is 2.23. The largest absolute Gasteiger partial charge is 0.355 e. The molecule has 3 aromatic rings. The van der Waals surface area contributed by atoms with E-state index in [2.05, 4.69) is 5.32 Å². The van der Waals surface area contributed by atoms with Crippen molar-refractivity contribution in [3.05, 3.63) is 95.8 Å². The van der Waals surface area contributed by atoms with E-state index in [4.69, 9.17) is 0 Å². The smallest absolute Gasteiger partial charge is 0.256 e. The summed E-state index contributed by atoms with van der Waals surface area (Å²) < 4.78 is 13.9. The Morgan fingerprint density at radius 1 is 0.667 bits per heavy atom. The van der Waals surface area contributed by atoms with E-state index >= 15 is 0 Å². The average molecular weight is 403 g/mol. The zero-order chi connectivity index (χ0) is 20.9. The molecule has 0 saturated carbocycles. The Hall–Kier alpha value is -3.67. The summed E-state index contributed by atoms with van der Waals surface area (Å²) in [5.74, 6) is -0.958. The van der Waals surface area contributed by atoms with Gasteiger partial charge >= 0.3 is 0 Å². The number of carbonyl (C=O) groups excluding carboxylic acids is 2. The first-order valence-corrected chi connectivity index (χ1v) is 9.87. The van der Waals surface area contributed by atoms with Crippen LogP contribution in [0.5, 0.6) is 0 Å². The molecule has 30 heavy (non-hydrogen) atoms. The van der Waals surface area contributed by atoms with E-state index in [9.17, 15) is 14.0 Å². The van der Waals surface area contributed by atoms with Crippen LogP contribution in [0.3, 0.4) is 0 Å². The fourth-order valence-electron chi connectivity index (χ4n) is 3.54. The van der Waals surface area contributed by atoms with Crippen molar-refractivity contribution in [1.82, 2.24) is 9.80 Å². The second-order valence-electron chi connectivity index (χ2n) is 7.10. The second kappa shape index (κ2) is 8.78. The molecular formula is C24H22FN3O2. The van der Waals surface area contributed by atoms with Gasteiger partial charge in [0.2, 0.25) is 0 Å². The molecule has 0 bridgehead atoms. The van der Waals surface area contributed by atoms with Gasteiger partial charge < -0.3 is 15.1 Å². The molecule has 1 N–H and O–H groups in total. The SMILES string of the molecule is O=C(c1ccccc1F)N1CCN(C(=O)c2ccccc2Nc2ccccc2)CC1. The summed E-state index contributed by atoms with van der Waals surface area (Å²) in [6.07, 6.45) is 0. The first-order chi connectivity index (χ1) is 14.6. The number of halogens is 1. The van der Waals surface area contributed by atoms with Gasteiger partial charge in [-0.1, -0.05) is 42.5 Å². The molecule has 0 unspecified atom stereocenters. The average Bonchev–Trinajstić information content (AvgIpc) is 2.80. The molecule has 2 amide bonds. The molecular weight excluding hydrogens is 381 g/mol. The van der Waals surface area contributed by atoms with Crippen LogP contribution in [0.4, 0.5) is 15.8 Å². The minimum atomic E-state index is -0.526. The summed E-state index contributed by atoms with van der Waals surface area (Å²) in [6, 6.07) is 23.0. The van der Waals surface area contributed by atoms with Gasteiger partial charge in [0.05, 0.1) is 16.8 Å². The first kappa shape index (κ1) is 19.6. The highest BCUT2D eigenvalue weighted by Gasteiger charge is 2.27. The van der Waals surface area contributed by atoms with E-state index in [-0.39, 0.29) is 17.4 Å². The van der Waals surface area contributed by atoms with Crippen LogP contribution in [-0.4, -0.2) is 47.8 Å². The molecule has 4 rings (SSSR count). The van der Waals surface area contributed by atoms with Crippen LogP contribution in [0, 0.1) is 5.82 Å². The normalized spacial score (nSPS) is 13.8. The molecule has 1 heterocycles. The van der Waals surface area contributed by atoms with Crippen molar-refractivity contribution >= 4 is 23.2 Å². The Morgan fingerprint density at radius 2 is 1.17 bits per heavy atom. The fraction of sp³-hybridized carbons (Fsp3) is 0.167. The topological polar surface area (TPSA) is 52.7 Å². The number of benzene rings is 3. The third kappa shape index (κ3) is 4.17. The standard InChI is InChI=1S/C24H22FN3O2/c25-21-12-6-4-10-19(21)23(29)27-14-16-28(17-15-27)24(30)20-11-5-7-13-22(20)26-18-8-2-1-3-9-18/h1-13,26H,14-17H2. The Morgan fingerprint density at radius 3 is 1.80 bits per heavy atom. The van der Waals surface area contributed by atoms with Crippen LogP contribution < -0.4 is 5.32 Å². The van der Waals surface area contributed by atoms with Gasteiger partial charge in [-0.2, -0.15) is 0 Å². The van der Waals surface area contributed by atoms with Crippen LogP contribution in [0.1, 0.15) is 20.7 Å². The quantitative estimate of drug-likeness (QED) is 0.712. The zero-order valence-electron chi connectivity index (χ0n) is 16.4. The monoisotopic (exact) mass is 403 g/mol. The summed E-state index contributed by atoms with van der Waals surface area (Å²) in [4.78, 5) is 29.1. The molecule has 0 aliphatic carbocycles. The van der Waals surface area contributed by atoms with Gasteiger partial charge in [0.15, 0.2) is 0 Å². The van der Waals surface area contributed by atoms with Crippen molar-refractivity contribution in [2.45, 2.75) is 0 Å². The van der Waals surface area contributed by atoms with Crippen LogP contribution >= 0.6 is 0 Å². The summed E-state index contributed by atoms with van der Waals surface area (Å²) in [6.45, 7) is 1.54. The molecule has 1 saturated heterocycles. The summed E-state index contributed by atoms with van der Waals surface area (Å²) in [5.41, 5.74) is 2.28. The molecule has 3 aromatic carbocycles. The van der Waals surface area contributed by atoms with E-state index in [0.29, 0.717) is 31.7 Å². The highest BCUT2D eigenvalue weighted by molar-refractivity contribution is 6.00. The van der Waals surface area contributed by atoms with Gasteiger partial charge in [-0.3, -0.25) is 9.59 Å². The van der Waals surface area contributed by atoms with Gasteiger partial charge in [-0.15, -0.1) is 0 Å². The third-order valence-electron chi connectivity index (χ3n) is 5.17. The lowest BCUT2D eigenvalue weighted by molar-refractivity contribution is 0.0533. The third-order valence-corrected chi connectivity index (χ3v) is 5.17. The van der Waals surface area contributed by atoms with Crippen molar-refractivity contribution in [3.63, 3.8) is 0 Å². The number of hydrogen-bond donors (Lipinski definition) is 1. The van der Waals surface area contributed by atoms with Gasteiger partial charge in [-0.25, -0.2) is 4.39 Å². The number of amides is 2. The number of anilines is 2. The number of nitrogens with zero attached hydrogens (tertiary/aromatic N) is 2. The first-order valence-electron chi connectivity index (χ1n) is 9.87. The van der Waals surface area contributed by atoms with E-state index in [1.807, 2.05) is 48.5 Å². The summed E-state index contributed by atoms with van der Waals surface area (Å²) >= 11 is 0. The minimum absolute atomic E-state index is 0.0645. The van der Waals surface area contributed by atoms with Crippen LogP contribution in [0.15, 0.2) is 78.9 Å². The Labute approximate surface area is 174 Å². The summed E-state index contributed by atoms with van der Waals surface area (Å²) in [5, 5.41) is 3.29. The number of para-hydroxylation sites is 2. The predicted molar refractivity (Wildman–Crippen MR) is 114 cm³/mol. The lowest BCUT2D eigenvalue weighted by atomic mass is 10.1. The van der Waals surface area contributed by atoms with Gasteiger partial charge in [0.1, 0.15) is 5.82 Å². The molecule has 1 aliphatic rings. The number of nitrogens with one attached hydrogen (secondary N) is 1. The maximum atomic E-state index is 13.9. The van der Waals surface area contributed by atoms with Crippen molar-refractivity contribution in [2.75, 3.05) is 31.5 Å². The Kier molecular flexibility index (Phi) is 5.75. The molecule has 1 fully saturated rings. The van der Waals surface area contributed by atoms with Crippen LogP contribution in [-0.2, 0) is 0 Å². The molecule has 0 atom stereocenters. The highest BCUT2D eigenvalue weighted by atomic mass is 19.1. The fourth-order valence-corrected chi connectivity index (χ4v) is 3.54. The van der Waals surface area contributed by atoms with Gasteiger partial charge in [-0.05, 0) is 36.4 Å². The van der Waals surface area contributed by atoms with Crippen molar-refractivity contribution in [1.29, 1.82) is 0 Å². The maximum Gasteiger partial charge on any atom is 0.256 e. The number of hydrogen-bond acceptors (Lipinski definition) is 3. The van der Waals surface area contributed by atoms with E-state index in [1.165, 1.54) is 12.1 Å². The molecule has 0 aromatic heterocycles. The lowest BCUT2D eigenvalue weighted by Gasteiger charge is -2.35. The Bertz CT molecular complexity index is 1050. The molecule has 5 nitrogen and oxygen atoms in total. The zero-order valence-corrected chi connectivity index (χ0v) is 16.4. The van der Waals surface area contributed by atoms with Crippen molar-refractivity contribution in [2.24, 2.45) is 0 Å². The minimum Gasteiger partial charge on any atom is -0.355 e. The predicted octanol–water partition coefficient (Wildman–Crippen LogP) is 4.17. The van der Waals surface area contributed by atoms with Crippen molar-refractivity contribution in [3.8, 4) is 0 Å². The molecule has 152 valence electrons. The van der Waals surface area contributed by atoms with Crippen molar-refractivity contribution < 1.29 is 14.0 Å². The van der Waals surface area contributed by atoms with Gasteiger partial charge in [0.25, 0.3) is 11.8 Å². The molecule has 1 aliphatic heterocycles. The van der Waals surface area contributed by atoms with E-state index in [1.54, 1.807) is 28.0 Å². The molecule has 6 heteroatoms.